The molecule has 1 amide bonds. The summed E-state index contributed by atoms with van der Waals surface area (Å²) in [5.74, 6) is -2.62. The van der Waals surface area contributed by atoms with Crippen LogP contribution < -0.4 is 10.0 Å². The van der Waals surface area contributed by atoms with E-state index in [0.29, 0.717) is 10.4 Å². The van der Waals surface area contributed by atoms with Crippen molar-refractivity contribution in [3.8, 4) is 10.4 Å². The number of hydrogen-bond donors (Lipinski definition) is 2. The summed E-state index contributed by atoms with van der Waals surface area (Å²) in [6.07, 6.45) is 0.971. The van der Waals surface area contributed by atoms with Crippen LogP contribution in [0.15, 0.2) is 54.6 Å². The molecule has 0 unspecified atom stereocenters. The molecule has 0 bridgehead atoms. The third kappa shape index (κ3) is 7.36. The van der Waals surface area contributed by atoms with Crippen LogP contribution in [-0.4, -0.2) is 45.7 Å². The first-order chi connectivity index (χ1) is 16.6. The van der Waals surface area contributed by atoms with Crippen LogP contribution in [0.1, 0.15) is 27.6 Å². The molecule has 12 heteroatoms. The molecule has 0 aliphatic carbocycles. The van der Waals surface area contributed by atoms with Crippen molar-refractivity contribution < 1.29 is 36.7 Å². The summed E-state index contributed by atoms with van der Waals surface area (Å²) in [7, 11) is -3.54. The second-order valence-corrected chi connectivity index (χ2v) is 9.96. The Morgan fingerprint density at radius 1 is 1.00 bits per heavy atom. The van der Waals surface area contributed by atoms with E-state index in [0.717, 1.165) is 17.6 Å². The van der Waals surface area contributed by atoms with Gasteiger partial charge in [0.15, 0.2) is 6.61 Å². The zero-order valence-electron chi connectivity index (χ0n) is 18.7. The smallest absolute Gasteiger partial charge is 0.341 e. The number of carbonyl (C=O) groups excluding carboxylic acids is 3. The van der Waals surface area contributed by atoms with E-state index < -0.39 is 40.3 Å². The molecule has 2 N–H and O–H groups in total. The van der Waals surface area contributed by atoms with E-state index >= 15 is 0 Å². The Morgan fingerprint density at radius 3 is 2.37 bits per heavy atom. The van der Waals surface area contributed by atoms with Crippen molar-refractivity contribution in [2.24, 2.45) is 0 Å². The SMILES string of the molecule is CCOC(=O)c1cc(-c2ccc(F)cc2)sc1NC(=O)COC(=O)c1cccc(NS(C)(=O)=O)c1. The summed E-state index contributed by atoms with van der Waals surface area (Å²) in [6, 6.07) is 12.7. The number of nitrogens with one attached hydrogen (secondary N) is 2. The maximum absolute atomic E-state index is 13.3. The minimum atomic E-state index is -3.54. The topological polar surface area (TPSA) is 128 Å². The van der Waals surface area contributed by atoms with Crippen LogP contribution in [0.25, 0.3) is 10.4 Å². The van der Waals surface area contributed by atoms with E-state index in [4.69, 9.17) is 9.47 Å². The van der Waals surface area contributed by atoms with Crippen molar-refractivity contribution in [3.63, 3.8) is 0 Å². The third-order valence-electron chi connectivity index (χ3n) is 4.34. The number of benzene rings is 2. The number of sulfonamides is 1. The second-order valence-electron chi connectivity index (χ2n) is 7.16. The highest BCUT2D eigenvalue weighted by atomic mass is 32.2. The average Bonchev–Trinajstić information content (AvgIpc) is 3.21. The maximum Gasteiger partial charge on any atom is 0.341 e. The third-order valence-corrected chi connectivity index (χ3v) is 6.05. The highest BCUT2D eigenvalue weighted by Gasteiger charge is 2.21. The lowest BCUT2D eigenvalue weighted by atomic mass is 10.1. The van der Waals surface area contributed by atoms with Gasteiger partial charge in [-0.15, -0.1) is 11.3 Å². The van der Waals surface area contributed by atoms with E-state index in [1.807, 2.05) is 0 Å². The Labute approximate surface area is 204 Å². The van der Waals surface area contributed by atoms with E-state index in [2.05, 4.69) is 10.0 Å². The van der Waals surface area contributed by atoms with Crippen LogP contribution in [0.5, 0.6) is 0 Å². The predicted molar refractivity (Wildman–Crippen MR) is 129 cm³/mol. The Balaban J connectivity index is 1.71. The van der Waals surface area contributed by atoms with Gasteiger partial charge in [0.1, 0.15) is 10.8 Å². The maximum atomic E-state index is 13.3. The van der Waals surface area contributed by atoms with Crippen LogP contribution in [0.4, 0.5) is 15.1 Å². The molecule has 35 heavy (non-hydrogen) atoms. The largest absolute Gasteiger partial charge is 0.462 e. The minimum absolute atomic E-state index is 0.0355. The molecule has 3 rings (SSSR count). The van der Waals surface area contributed by atoms with Crippen molar-refractivity contribution in [3.05, 3.63) is 71.5 Å². The molecule has 2 aromatic carbocycles. The summed E-state index contributed by atoms with van der Waals surface area (Å²) in [4.78, 5) is 37.7. The fraction of sp³-hybridized carbons (Fsp3) is 0.174. The van der Waals surface area contributed by atoms with Crippen molar-refractivity contribution in [2.45, 2.75) is 6.92 Å². The summed E-state index contributed by atoms with van der Waals surface area (Å²) in [5.41, 5.74) is 0.942. The number of rotatable bonds is 9. The molecule has 1 heterocycles. The highest BCUT2D eigenvalue weighted by Crippen LogP contribution is 2.36. The number of amides is 1. The predicted octanol–water partition coefficient (Wildman–Crippen LogP) is 3.90. The second kappa shape index (κ2) is 11.1. The van der Waals surface area contributed by atoms with Gasteiger partial charge in [0, 0.05) is 10.6 Å². The Kier molecular flexibility index (Phi) is 8.20. The summed E-state index contributed by atoms with van der Waals surface area (Å²) >= 11 is 1.08. The van der Waals surface area contributed by atoms with Gasteiger partial charge in [-0.1, -0.05) is 18.2 Å². The number of esters is 2. The zero-order valence-corrected chi connectivity index (χ0v) is 20.3. The molecular weight excluding hydrogens is 499 g/mol. The van der Waals surface area contributed by atoms with Gasteiger partial charge in [0.25, 0.3) is 5.91 Å². The number of halogens is 1. The first kappa shape index (κ1) is 25.8. The zero-order chi connectivity index (χ0) is 25.6. The van der Waals surface area contributed by atoms with Crippen LogP contribution >= 0.6 is 11.3 Å². The Hall–Kier alpha value is -3.77. The molecule has 9 nitrogen and oxygen atoms in total. The van der Waals surface area contributed by atoms with E-state index in [1.165, 1.54) is 54.6 Å². The molecule has 0 saturated carbocycles. The molecule has 0 radical (unpaired) electrons. The average molecular weight is 521 g/mol. The number of thiophene rings is 1. The first-order valence-electron chi connectivity index (χ1n) is 10.2. The fourth-order valence-corrected chi connectivity index (χ4v) is 4.52. The lowest BCUT2D eigenvalue weighted by molar-refractivity contribution is -0.119. The van der Waals surface area contributed by atoms with Gasteiger partial charge in [-0.05, 0) is 48.9 Å². The summed E-state index contributed by atoms with van der Waals surface area (Å²) in [5, 5.41) is 2.72. The van der Waals surface area contributed by atoms with Crippen LogP contribution in [0, 0.1) is 5.82 Å². The molecule has 3 aromatic rings. The number of carbonyl (C=O) groups is 3. The van der Waals surface area contributed by atoms with Crippen molar-refractivity contribution >= 4 is 49.9 Å². The minimum Gasteiger partial charge on any atom is -0.462 e. The van der Waals surface area contributed by atoms with Crippen LogP contribution in [-0.2, 0) is 24.3 Å². The van der Waals surface area contributed by atoms with Crippen molar-refractivity contribution in [1.82, 2.24) is 0 Å². The monoisotopic (exact) mass is 520 g/mol. The fourth-order valence-electron chi connectivity index (χ4n) is 2.90. The standard InChI is InChI=1S/C23H21FN2O7S2/c1-3-32-23(29)18-12-19(14-7-9-16(24)10-8-14)34-21(18)25-20(27)13-33-22(28)15-5-4-6-17(11-15)26-35(2,30)31/h4-12,26H,3,13H2,1-2H3,(H,25,27). The lowest BCUT2D eigenvalue weighted by Crippen LogP contribution is -2.21. The normalized spacial score (nSPS) is 10.9. The number of hydrogen-bond acceptors (Lipinski definition) is 8. The molecule has 1 aromatic heterocycles. The van der Waals surface area contributed by atoms with Gasteiger partial charge in [0.05, 0.1) is 24.0 Å². The van der Waals surface area contributed by atoms with Gasteiger partial charge in [-0.25, -0.2) is 22.4 Å². The summed E-state index contributed by atoms with van der Waals surface area (Å²) < 4.78 is 48.3. The van der Waals surface area contributed by atoms with Crippen LogP contribution in [0.3, 0.4) is 0 Å². The van der Waals surface area contributed by atoms with E-state index in [9.17, 15) is 27.2 Å². The van der Waals surface area contributed by atoms with E-state index in [-0.39, 0.29) is 28.4 Å². The molecular formula is C23H21FN2O7S2. The van der Waals surface area contributed by atoms with E-state index in [1.54, 1.807) is 6.92 Å². The molecule has 0 aliphatic rings. The molecule has 184 valence electrons. The number of ether oxygens (including phenoxy) is 2. The van der Waals surface area contributed by atoms with Crippen molar-refractivity contribution in [1.29, 1.82) is 0 Å². The molecule has 0 fully saturated rings. The first-order valence-corrected chi connectivity index (χ1v) is 12.9. The molecule has 0 saturated heterocycles. The van der Waals surface area contributed by atoms with Crippen molar-refractivity contribution in [2.75, 3.05) is 29.5 Å². The molecule has 0 atom stereocenters. The van der Waals surface area contributed by atoms with Gasteiger partial charge in [-0.3, -0.25) is 9.52 Å². The highest BCUT2D eigenvalue weighted by molar-refractivity contribution is 7.92. The van der Waals surface area contributed by atoms with Gasteiger partial charge >= 0.3 is 11.9 Å². The van der Waals surface area contributed by atoms with Gasteiger partial charge < -0.3 is 14.8 Å². The lowest BCUT2D eigenvalue weighted by Gasteiger charge is -2.08. The number of anilines is 2. The summed E-state index contributed by atoms with van der Waals surface area (Å²) in [6.45, 7) is 1.11. The Morgan fingerprint density at radius 2 is 1.71 bits per heavy atom. The van der Waals surface area contributed by atoms with Gasteiger partial charge in [-0.2, -0.15) is 0 Å². The molecule has 0 spiro atoms. The molecule has 0 aliphatic heterocycles. The van der Waals surface area contributed by atoms with Crippen LogP contribution in [0.2, 0.25) is 0 Å². The quantitative estimate of drug-likeness (QED) is 0.410. The Bertz CT molecular complexity index is 1350. The van der Waals surface area contributed by atoms with Gasteiger partial charge in [0.2, 0.25) is 10.0 Å².